The molecule has 0 saturated carbocycles. The number of hydrogen-bond acceptors (Lipinski definition) is 3. The van der Waals surface area contributed by atoms with Gasteiger partial charge in [0.05, 0.1) is 10.1 Å². The molecule has 0 radical (unpaired) electrons. The molecule has 5 heteroatoms. The molecule has 21 heavy (non-hydrogen) atoms. The quantitative estimate of drug-likeness (QED) is 0.549. The normalized spacial score (nSPS) is 10.9. The summed E-state index contributed by atoms with van der Waals surface area (Å²) in [5.41, 5.74) is 2.35. The Kier molecular flexibility index (Phi) is 3.66. The van der Waals surface area contributed by atoms with E-state index < -0.39 is 0 Å². The van der Waals surface area contributed by atoms with E-state index in [0.717, 1.165) is 14.7 Å². The van der Waals surface area contributed by atoms with Gasteiger partial charge in [0, 0.05) is 16.7 Å². The smallest absolute Gasteiger partial charge is 0.316 e. The Morgan fingerprint density at radius 3 is 2.52 bits per heavy atom. The van der Waals surface area contributed by atoms with Crippen molar-refractivity contribution in [3.63, 3.8) is 0 Å². The molecule has 106 valence electrons. The van der Waals surface area contributed by atoms with Gasteiger partial charge in [0.2, 0.25) is 0 Å². The van der Waals surface area contributed by atoms with Gasteiger partial charge < -0.3 is 9.94 Å². The van der Waals surface area contributed by atoms with Crippen molar-refractivity contribution in [3.8, 4) is 0 Å². The highest BCUT2D eigenvalue weighted by molar-refractivity contribution is 7.98. The second-order valence-corrected chi connectivity index (χ2v) is 5.71. The van der Waals surface area contributed by atoms with E-state index in [1.54, 1.807) is 31.2 Å². The fourth-order valence-corrected chi connectivity index (χ4v) is 3.22. The first-order valence-corrected chi connectivity index (χ1v) is 7.58. The van der Waals surface area contributed by atoms with Crippen molar-refractivity contribution >= 4 is 22.8 Å². The zero-order valence-corrected chi connectivity index (χ0v) is 12.3. The van der Waals surface area contributed by atoms with Crippen molar-refractivity contribution in [2.75, 3.05) is 0 Å². The van der Waals surface area contributed by atoms with E-state index in [2.05, 4.69) is 0 Å². The molecule has 3 rings (SSSR count). The fourth-order valence-electron chi connectivity index (χ4n) is 2.22. The van der Waals surface area contributed by atoms with E-state index in [9.17, 15) is 10.1 Å². The SMILES string of the molecule is Cc1c(SCc2ccccc2)[n+](=O)c2ccccc2n1[O-]. The second kappa shape index (κ2) is 5.61. The standard InChI is InChI=1S/C16H14N2O2S/c1-12-16(21-11-13-7-3-2-4-8-13)18(20)15-10-6-5-9-14(15)17(12)19/h2-10H,11H2,1H3. The predicted molar refractivity (Wildman–Crippen MR) is 84.8 cm³/mol. The average molecular weight is 298 g/mol. The molecule has 0 aliphatic rings. The summed E-state index contributed by atoms with van der Waals surface area (Å²) in [6, 6.07) is 16.7. The summed E-state index contributed by atoms with van der Waals surface area (Å²) >= 11 is 1.39. The molecule has 0 spiro atoms. The first kappa shape index (κ1) is 13.7. The van der Waals surface area contributed by atoms with Crippen LogP contribution in [-0.4, -0.2) is 4.73 Å². The third-order valence-corrected chi connectivity index (χ3v) is 4.55. The van der Waals surface area contributed by atoms with Crippen molar-refractivity contribution in [1.29, 1.82) is 0 Å². The van der Waals surface area contributed by atoms with Crippen LogP contribution in [0.5, 0.6) is 0 Å². The van der Waals surface area contributed by atoms with Gasteiger partial charge in [-0.2, -0.15) is 0 Å². The molecule has 0 aliphatic heterocycles. The molecule has 2 aromatic carbocycles. The zero-order chi connectivity index (χ0) is 14.8. The summed E-state index contributed by atoms with van der Waals surface area (Å²) in [7, 11) is 0. The molecule has 3 aromatic rings. The van der Waals surface area contributed by atoms with Gasteiger partial charge in [-0.1, -0.05) is 42.5 Å². The fraction of sp³-hybridized carbons (Fsp3) is 0.125. The Bertz CT molecular complexity index is 844. The van der Waals surface area contributed by atoms with E-state index in [0.29, 0.717) is 27.5 Å². The lowest BCUT2D eigenvalue weighted by Crippen LogP contribution is -2.23. The maximum Gasteiger partial charge on any atom is 0.316 e. The van der Waals surface area contributed by atoms with Crippen LogP contribution < -0.4 is 4.43 Å². The Labute approximate surface area is 126 Å². The largest absolute Gasteiger partial charge is 0.805 e. The van der Waals surface area contributed by atoms with E-state index in [4.69, 9.17) is 0 Å². The lowest BCUT2D eigenvalue weighted by molar-refractivity contribution is -0.510. The molecule has 1 heterocycles. The minimum absolute atomic E-state index is 0.397. The summed E-state index contributed by atoms with van der Waals surface area (Å²) in [5.74, 6) is 0.655. The molecular formula is C16H14N2O2S. The average Bonchev–Trinajstić information content (AvgIpc) is 2.54. The lowest BCUT2D eigenvalue weighted by atomic mass is 10.2. The summed E-state index contributed by atoms with van der Waals surface area (Å²) in [5, 5.41) is 12.7. The number of fused-ring (bicyclic) bond motifs is 1. The van der Waals surface area contributed by atoms with Gasteiger partial charge >= 0.3 is 5.03 Å². The number of benzene rings is 2. The molecule has 0 unspecified atom stereocenters. The predicted octanol–water partition coefficient (Wildman–Crippen LogP) is 3.50. The van der Waals surface area contributed by atoms with Crippen molar-refractivity contribution in [2.24, 2.45) is 0 Å². The van der Waals surface area contributed by atoms with E-state index in [1.165, 1.54) is 11.8 Å². The summed E-state index contributed by atoms with van der Waals surface area (Å²) < 4.78 is 1.68. The maximum absolute atomic E-state index is 12.5. The topological polar surface area (TPSA) is 51.0 Å². The minimum atomic E-state index is 0.397. The van der Waals surface area contributed by atoms with Crippen molar-refractivity contribution in [3.05, 3.63) is 76.0 Å². The molecule has 0 saturated heterocycles. The van der Waals surface area contributed by atoms with Crippen molar-refractivity contribution in [2.45, 2.75) is 17.7 Å². The number of aromatic nitrogens is 2. The Morgan fingerprint density at radius 2 is 1.76 bits per heavy atom. The van der Waals surface area contributed by atoms with Crippen LogP contribution in [0.15, 0.2) is 59.6 Å². The minimum Gasteiger partial charge on any atom is -0.805 e. The van der Waals surface area contributed by atoms with Gasteiger partial charge in [-0.25, -0.2) is 0 Å². The van der Waals surface area contributed by atoms with Gasteiger partial charge in [0.25, 0.3) is 5.52 Å². The first-order valence-electron chi connectivity index (χ1n) is 6.59. The molecule has 0 fully saturated rings. The number of nitrogens with zero attached hydrogens (tertiary/aromatic N) is 2. The zero-order valence-electron chi connectivity index (χ0n) is 11.5. The molecule has 1 aromatic heterocycles. The highest BCUT2D eigenvalue weighted by atomic mass is 32.2. The van der Waals surface area contributed by atoms with Crippen LogP contribution in [-0.2, 0) is 5.75 Å². The van der Waals surface area contributed by atoms with Crippen LogP contribution in [0.4, 0.5) is 0 Å². The second-order valence-electron chi connectivity index (χ2n) is 4.74. The molecule has 0 atom stereocenters. The molecule has 0 amide bonds. The van der Waals surface area contributed by atoms with E-state index in [1.807, 2.05) is 30.3 Å². The Balaban J connectivity index is 2.04. The van der Waals surface area contributed by atoms with Gasteiger partial charge in [0.1, 0.15) is 5.52 Å². The highest BCUT2D eigenvalue weighted by Gasteiger charge is 2.20. The number of para-hydroxylation sites is 2. The van der Waals surface area contributed by atoms with Crippen molar-refractivity contribution < 1.29 is 4.43 Å². The van der Waals surface area contributed by atoms with E-state index in [-0.39, 0.29) is 0 Å². The van der Waals surface area contributed by atoms with Gasteiger partial charge in [-0.15, -0.1) is 0 Å². The summed E-state index contributed by atoms with van der Waals surface area (Å²) in [6.07, 6.45) is 0. The van der Waals surface area contributed by atoms with Gasteiger partial charge in [0.15, 0.2) is 0 Å². The number of hydrogen-bond donors (Lipinski definition) is 0. The van der Waals surface area contributed by atoms with Gasteiger partial charge in [-0.05, 0) is 30.3 Å². The van der Waals surface area contributed by atoms with Crippen LogP contribution in [0, 0.1) is 17.0 Å². The van der Waals surface area contributed by atoms with Crippen LogP contribution in [0.2, 0.25) is 0 Å². The molecule has 0 bridgehead atoms. The maximum atomic E-state index is 12.5. The highest BCUT2D eigenvalue weighted by Crippen LogP contribution is 2.24. The summed E-state index contributed by atoms with van der Waals surface area (Å²) in [4.78, 5) is 12.5. The molecule has 0 aliphatic carbocycles. The molecular weight excluding hydrogens is 284 g/mol. The first-order chi connectivity index (χ1) is 10.2. The molecule has 0 N–H and O–H groups in total. The number of thioether (sulfide) groups is 1. The van der Waals surface area contributed by atoms with Gasteiger partial charge in [-0.3, -0.25) is 0 Å². The number of rotatable bonds is 3. The summed E-state index contributed by atoms with van der Waals surface area (Å²) in [6.45, 7) is 1.68. The van der Waals surface area contributed by atoms with E-state index >= 15 is 0 Å². The van der Waals surface area contributed by atoms with Crippen LogP contribution in [0.3, 0.4) is 0 Å². The van der Waals surface area contributed by atoms with Crippen LogP contribution >= 0.6 is 11.8 Å². The Morgan fingerprint density at radius 1 is 1.10 bits per heavy atom. The third kappa shape index (κ3) is 2.52. The lowest BCUT2D eigenvalue weighted by Gasteiger charge is -2.16. The Hall–Kier alpha value is -2.27. The van der Waals surface area contributed by atoms with Crippen molar-refractivity contribution in [1.82, 2.24) is 4.73 Å². The monoisotopic (exact) mass is 298 g/mol. The molecule has 4 nitrogen and oxygen atoms in total. The third-order valence-electron chi connectivity index (χ3n) is 3.34. The van der Waals surface area contributed by atoms with Crippen LogP contribution in [0.1, 0.15) is 11.3 Å². The van der Waals surface area contributed by atoms with Crippen LogP contribution in [0.25, 0.3) is 11.0 Å².